The third-order valence-corrected chi connectivity index (χ3v) is 6.43. The minimum Gasteiger partial charge on any atom is -0.506 e. The molecular formula is C18H20FN3O3S2. The Balaban J connectivity index is 1.68. The molecule has 1 fully saturated rings. The number of nitrogens with one attached hydrogen (secondary N) is 2. The highest BCUT2D eigenvalue weighted by atomic mass is 32.2. The minimum absolute atomic E-state index is 0.103. The van der Waals surface area contributed by atoms with Crippen molar-refractivity contribution in [2.24, 2.45) is 0 Å². The van der Waals surface area contributed by atoms with E-state index in [2.05, 4.69) is 10.6 Å². The monoisotopic (exact) mass is 409 g/mol. The number of rotatable bonds is 5. The van der Waals surface area contributed by atoms with Gasteiger partial charge < -0.3 is 15.7 Å². The van der Waals surface area contributed by atoms with Crippen LogP contribution in [0.25, 0.3) is 0 Å². The lowest BCUT2D eigenvalue weighted by molar-refractivity contribution is 0.473. The molecule has 1 aliphatic rings. The van der Waals surface area contributed by atoms with Crippen molar-refractivity contribution < 1.29 is 17.9 Å². The predicted octanol–water partition coefficient (Wildman–Crippen LogP) is 2.80. The normalized spacial score (nSPS) is 14.9. The van der Waals surface area contributed by atoms with Crippen molar-refractivity contribution in [3.63, 3.8) is 0 Å². The van der Waals surface area contributed by atoms with Crippen LogP contribution in [0.1, 0.15) is 18.4 Å². The maximum atomic E-state index is 12.9. The van der Waals surface area contributed by atoms with Crippen LogP contribution in [0.3, 0.4) is 0 Å². The van der Waals surface area contributed by atoms with Gasteiger partial charge in [-0.1, -0.05) is 12.1 Å². The first kappa shape index (κ1) is 19.5. The Labute approximate surface area is 163 Å². The summed E-state index contributed by atoms with van der Waals surface area (Å²) in [6.45, 7) is 1.37. The molecule has 1 aliphatic heterocycles. The number of hydrogen-bond acceptors (Lipinski definition) is 4. The summed E-state index contributed by atoms with van der Waals surface area (Å²) < 4.78 is 39.7. The molecule has 0 aromatic heterocycles. The summed E-state index contributed by atoms with van der Waals surface area (Å²) in [5.74, 6) is -0.429. The number of anilines is 1. The zero-order valence-electron chi connectivity index (χ0n) is 14.5. The average Bonchev–Trinajstić information content (AvgIpc) is 3.18. The molecule has 9 heteroatoms. The lowest BCUT2D eigenvalue weighted by Crippen LogP contribution is -2.29. The largest absolute Gasteiger partial charge is 0.506 e. The molecule has 6 nitrogen and oxygen atoms in total. The van der Waals surface area contributed by atoms with Crippen LogP contribution in [-0.2, 0) is 16.6 Å². The van der Waals surface area contributed by atoms with Gasteiger partial charge >= 0.3 is 0 Å². The Kier molecular flexibility index (Phi) is 5.93. The zero-order valence-corrected chi connectivity index (χ0v) is 16.1. The van der Waals surface area contributed by atoms with E-state index in [1.165, 1.54) is 34.6 Å². The van der Waals surface area contributed by atoms with E-state index in [4.69, 9.17) is 12.2 Å². The fourth-order valence-corrected chi connectivity index (χ4v) is 4.53. The van der Waals surface area contributed by atoms with Crippen LogP contribution in [0.4, 0.5) is 10.1 Å². The molecule has 2 aromatic rings. The molecule has 0 unspecified atom stereocenters. The minimum atomic E-state index is -3.59. The number of hydrogen-bond donors (Lipinski definition) is 3. The van der Waals surface area contributed by atoms with Crippen molar-refractivity contribution in [3.8, 4) is 5.75 Å². The fraction of sp³-hybridized carbons (Fsp3) is 0.278. The van der Waals surface area contributed by atoms with Gasteiger partial charge in [-0.15, -0.1) is 0 Å². The second kappa shape index (κ2) is 8.20. The molecule has 3 N–H and O–H groups in total. The van der Waals surface area contributed by atoms with Crippen LogP contribution >= 0.6 is 12.2 Å². The van der Waals surface area contributed by atoms with Gasteiger partial charge in [0.05, 0.1) is 10.6 Å². The number of nitrogens with zero attached hydrogens (tertiary/aromatic N) is 1. The van der Waals surface area contributed by atoms with E-state index in [0.29, 0.717) is 19.6 Å². The molecule has 27 heavy (non-hydrogen) atoms. The summed E-state index contributed by atoms with van der Waals surface area (Å²) in [4.78, 5) is 0.103. The average molecular weight is 410 g/mol. The number of phenolic OH excluding ortho intramolecular Hbond substituents is 1. The molecule has 144 valence electrons. The summed E-state index contributed by atoms with van der Waals surface area (Å²) in [6.07, 6.45) is 1.69. The van der Waals surface area contributed by atoms with Crippen molar-refractivity contribution in [1.82, 2.24) is 9.62 Å². The molecule has 0 saturated carbocycles. The lowest BCUT2D eigenvalue weighted by Gasteiger charge is -2.17. The summed E-state index contributed by atoms with van der Waals surface area (Å²) in [6, 6.07) is 10.0. The quantitative estimate of drug-likeness (QED) is 0.520. The van der Waals surface area contributed by atoms with Crippen molar-refractivity contribution in [3.05, 3.63) is 53.8 Å². The van der Waals surface area contributed by atoms with Crippen LogP contribution in [-0.4, -0.2) is 36.0 Å². The highest BCUT2D eigenvalue weighted by Gasteiger charge is 2.27. The standard InChI is InChI=1S/C18H20FN3O3S2/c19-14-5-3-13(4-6-14)12-20-18(26)21-16-11-15(7-8-17(16)23)27(24,25)22-9-1-2-10-22/h3-8,11,23H,1-2,9-10,12H2,(H2,20,21,26). The summed E-state index contributed by atoms with van der Waals surface area (Å²) in [7, 11) is -3.59. The molecular weight excluding hydrogens is 389 g/mol. The fourth-order valence-electron chi connectivity index (χ4n) is 2.80. The number of phenols is 1. The Morgan fingerprint density at radius 1 is 1.15 bits per heavy atom. The van der Waals surface area contributed by atoms with Crippen LogP contribution < -0.4 is 10.6 Å². The Morgan fingerprint density at radius 3 is 2.48 bits per heavy atom. The smallest absolute Gasteiger partial charge is 0.243 e. The topological polar surface area (TPSA) is 81.7 Å². The SMILES string of the molecule is O=S(=O)(c1ccc(O)c(NC(=S)NCc2ccc(F)cc2)c1)N1CCCC1. The van der Waals surface area contributed by atoms with Crippen LogP contribution in [0, 0.1) is 5.82 Å². The second-order valence-corrected chi connectivity index (χ2v) is 8.57. The third-order valence-electron chi connectivity index (χ3n) is 4.29. The number of sulfonamides is 1. The molecule has 2 aromatic carbocycles. The van der Waals surface area contributed by atoms with Gasteiger partial charge in [-0.3, -0.25) is 0 Å². The van der Waals surface area contributed by atoms with Gasteiger partial charge in [0, 0.05) is 19.6 Å². The molecule has 0 spiro atoms. The van der Waals surface area contributed by atoms with E-state index in [1.54, 1.807) is 12.1 Å². The van der Waals surface area contributed by atoms with Crippen LogP contribution in [0.2, 0.25) is 0 Å². The van der Waals surface area contributed by atoms with Gasteiger partial charge in [-0.2, -0.15) is 4.31 Å². The number of halogens is 1. The van der Waals surface area contributed by atoms with Gasteiger partial charge in [-0.25, -0.2) is 12.8 Å². The van der Waals surface area contributed by atoms with Gasteiger partial charge in [0.15, 0.2) is 5.11 Å². The first-order valence-electron chi connectivity index (χ1n) is 8.49. The zero-order chi connectivity index (χ0) is 19.4. The van der Waals surface area contributed by atoms with Gasteiger partial charge in [0.2, 0.25) is 10.0 Å². The maximum Gasteiger partial charge on any atom is 0.243 e. The number of benzene rings is 2. The Hall–Kier alpha value is -2.23. The van der Waals surface area contributed by atoms with Crippen LogP contribution in [0.15, 0.2) is 47.4 Å². The summed E-state index contributed by atoms with van der Waals surface area (Å²) >= 11 is 5.20. The van der Waals surface area contributed by atoms with E-state index >= 15 is 0 Å². The molecule has 3 rings (SSSR count). The van der Waals surface area contributed by atoms with Crippen molar-refractivity contribution in [1.29, 1.82) is 0 Å². The molecule has 0 amide bonds. The van der Waals surface area contributed by atoms with E-state index in [0.717, 1.165) is 18.4 Å². The van der Waals surface area contributed by atoms with E-state index in [-0.39, 0.29) is 27.3 Å². The van der Waals surface area contributed by atoms with Crippen molar-refractivity contribution >= 4 is 33.0 Å². The second-order valence-electron chi connectivity index (χ2n) is 6.22. The first-order chi connectivity index (χ1) is 12.9. The molecule has 0 aliphatic carbocycles. The van der Waals surface area contributed by atoms with Crippen LogP contribution in [0.5, 0.6) is 5.75 Å². The third kappa shape index (κ3) is 4.74. The summed E-state index contributed by atoms with van der Waals surface area (Å²) in [5.41, 5.74) is 1.03. The molecule has 1 heterocycles. The lowest BCUT2D eigenvalue weighted by atomic mass is 10.2. The molecule has 0 bridgehead atoms. The number of thiocarbonyl (C=S) groups is 1. The van der Waals surface area contributed by atoms with Crippen molar-refractivity contribution in [2.75, 3.05) is 18.4 Å². The highest BCUT2D eigenvalue weighted by molar-refractivity contribution is 7.89. The van der Waals surface area contributed by atoms with E-state index < -0.39 is 10.0 Å². The predicted molar refractivity (Wildman–Crippen MR) is 106 cm³/mol. The number of aromatic hydroxyl groups is 1. The van der Waals surface area contributed by atoms with Gasteiger partial charge in [0.25, 0.3) is 0 Å². The van der Waals surface area contributed by atoms with Gasteiger partial charge in [0.1, 0.15) is 11.6 Å². The summed E-state index contributed by atoms with van der Waals surface area (Å²) in [5, 5.41) is 16.0. The molecule has 1 saturated heterocycles. The maximum absolute atomic E-state index is 12.9. The Morgan fingerprint density at radius 2 is 1.81 bits per heavy atom. The Bertz CT molecular complexity index is 927. The first-order valence-corrected chi connectivity index (χ1v) is 10.3. The van der Waals surface area contributed by atoms with Gasteiger partial charge in [-0.05, 0) is 61.0 Å². The molecule has 0 atom stereocenters. The van der Waals surface area contributed by atoms with Crippen molar-refractivity contribution in [2.45, 2.75) is 24.3 Å². The van der Waals surface area contributed by atoms with E-state index in [9.17, 15) is 17.9 Å². The highest BCUT2D eigenvalue weighted by Crippen LogP contribution is 2.29. The molecule has 0 radical (unpaired) electrons. The van der Waals surface area contributed by atoms with E-state index in [1.807, 2.05) is 0 Å².